The van der Waals surface area contributed by atoms with Gasteiger partial charge in [-0.25, -0.2) is 0 Å². The zero-order valence-corrected chi connectivity index (χ0v) is 19.0. The molecular weight excluding hydrogens is 414 g/mol. The van der Waals surface area contributed by atoms with E-state index in [-0.39, 0.29) is 0 Å². The van der Waals surface area contributed by atoms with Gasteiger partial charge in [-0.05, 0) is 18.6 Å². The summed E-state index contributed by atoms with van der Waals surface area (Å²) in [5, 5.41) is 12.6. The average molecular weight is 446 g/mol. The van der Waals surface area contributed by atoms with Gasteiger partial charge >= 0.3 is 0 Å². The van der Waals surface area contributed by atoms with Crippen LogP contribution in [0.4, 0.5) is 5.69 Å². The molecule has 2 aromatic rings. The van der Waals surface area contributed by atoms with Gasteiger partial charge in [0.05, 0.1) is 17.3 Å². The van der Waals surface area contributed by atoms with Crippen molar-refractivity contribution in [3.63, 3.8) is 0 Å². The van der Waals surface area contributed by atoms with Gasteiger partial charge in [0.1, 0.15) is 12.2 Å². The molecule has 8 nitrogen and oxygen atoms in total. The number of benzene rings is 1. The highest BCUT2D eigenvalue weighted by molar-refractivity contribution is 6.33. The summed E-state index contributed by atoms with van der Waals surface area (Å²) in [7, 11) is 0. The number of piperazine rings is 1. The van der Waals surface area contributed by atoms with Crippen molar-refractivity contribution in [1.29, 1.82) is 0 Å². The van der Waals surface area contributed by atoms with E-state index in [4.69, 9.17) is 21.3 Å². The number of hydrogen-bond acceptors (Lipinski definition) is 5. The van der Waals surface area contributed by atoms with E-state index in [2.05, 4.69) is 42.9 Å². The Morgan fingerprint density at radius 1 is 1.26 bits per heavy atom. The van der Waals surface area contributed by atoms with Crippen molar-refractivity contribution in [2.24, 2.45) is 10.9 Å². The van der Waals surface area contributed by atoms with E-state index < -0.39 is 0 Å². The van der Waals surface area contributed by atoms with E-state index in [0.717, 1.165) is 94.4 Å². The zero-order valence-electron chi connectivity index (χ0n) is 18.2. The highest BCUT2D eigenvalue weighted by Gasteiger charge is 2.22. The number of nitrogens with one attached hydrogen (secondary N) is 1. The van der Waals surface area contributed by atoms with Crippen molar-refractivity contribution in [3.8, 4) is 0 Å². The van der Waals surface area contributed by atoms with Gasteiger partial charge in [-0.3, -0.25) is 4.99 Å². The highest BCUT2D eigenvalue weighted by Crippen LogP contribution is 2.26. The lowest BCUT2D eigenvalue weighted by Gasteiger charge is -2.38. The Morgan fingerprint density at radius 2 is 2.10 bits per heavy atom. The van der Waals surface area contributed by atoms with Crippen LogP contribution in [0.3, 0.4) is 0 Å². The molecule has 168 valence electrons. The fourth-order valence-corrected chi connectivity index (χ4v) is 4.36. The van der Waals surface area contributed by atoms with Crippen molar-refractivity contribution >= 4 is 23.2 Å². The number of halogens is 1. The molecule has 0 bridgehead atoms. The van der Waals surface area contributed by atoms with E-state index in [1.807, 2.05) is 18.2 Å². The molecule has 0 amide bonds. The Balaban J connectivity index is 1.37. The fraction of sp³-hybridized carbons (Fsp3) is 0.591. The SMILES string of the molecule is CCc1nncn1CCNC(=NCC1CCOC1)N1CCN(c2ccccc2Cl)CC1. The van der Waals surface area contributed by atoms with E-state index >= 15 is 0 Å². The molecule has 1 atom stereocenters. The average Bonchev–Trinajstić information content (AvgIpc) is 3.48. The minimum atomic E-state index is 0.519. The molecule has 1 aromatic carbocycles. The maximum absolute atomic E-state index is 6.41. The summed E-state index contributed by atoms with van der Waals surface area (Å²) in [5.41, 5.74) is 1.11. The minimum Gasteiger partial charge on any atom is -0.381 e. The van der Waals surface area contributed by atoms with Crippen LogP contribution in [-0.2, 0) is 17.7 Å². The monoisotopic (exact) mass is 445 g/mol. The number of aromatic nitrogens is 3. The van der Waals surface area contributed by atoms with Crippen LogP contribution in [-0.4, -0.2) is 78.1 Å². The Bertz CT molecular complexity index is 857. The number of nitrogens with zero attached hydrogens (tertiary/aromatic N) is 6. The van der Waals surface area contributed by atoms with Gasteiger partial charge in [0.25, 0.3) is 0 Å². The number of ether oxygens (including phenoxy) is 1. The largest absolute Gasteiger partial charge is 0.381 e. The predicted octanol–water partition coefficient (Wildman–Crippen LogP) is 2.30. The first-order valence-corrected chi connectivity index (χ1v) is 11.6. The molecule has 1 unspecified atom stereocenters. The molecule has 31 heavy (non-hydrogen) atoms. The second-order valence-corrected chi connectivity index (χ2v) is 8.45. The van der Waals surface area contributed by atoms with Crippen molar-refractivity contribution < 1.29 is 4.74 Å². The number of rotatable bonds is 7. The molecule has 3 heterocycles. The van der Waals surface area contributed by atoms with E-state index in [1.54, 1.807) is 6.33 Å². The van der Waals surface area contributed by atoms with E-state index in [9.17, 15) is 0 Å². The summed E-state index contributed by atoms with van der Waals surface area (Å²) in [6.45, 7) is 9.84. The Labute approximate surface area is 189 Å². The number of aryl methyl sites for hydroxylation is 1. The van der Waals surface area contributed by atoms with Gasteiger partial charge in [-0.2, -0.15) is 0 Å². The normalized spacial score (nSPS) is 19.8. The van der Waals surface area contributed by atoms with Gasteiger partial charge in [-0.15, -0.1) is 10.2 Å². The van der Waals surface area contributed by atoms with Gasteiger partial charge in [-0.1, -0.05) is 30.7 Å². The lowest BCUT2D eigenvalue weighted by molar-refractivity contribution is 0.187. The summed E-state index contributed by atoms with van der Waals surface area (Å²) in [6.07, 6.45) is 3.78. The number of para-hydroxylation sites is 1. The molecule has 0 spiro atoms. The van der Waals surface area contributed by atoms with Gasteiger partial charge in [0.2, 0.25) is 0 Å². The third-order valence-corrected chi connectivity index (χ3v) is 6.26. The molecule has 4 rings (SSSR count). The van der Waals surface area contributed by atoms with E-state index in [1.165, 1.54) is 0 Å². The number of aliphatic imine (C=N–C) groups is 1. The first-order valence-electron chi connectivity index (χ1n) is 11.2. The number of guanidine groups is 1. The topological polar surface area (TPSA) is 70.8 Å². The van der Waals surface area contributed by atoms with Gasteiger partial charge < -0.3 is 24.4 Å². The zero-order chi connectivity index (χ0) is 21.5. The standard InChI is InChI=1S/C22H32ClN7O/c1-2-21-27-26-17-30(21)9-8-24-22(25-15-18-7-14-31-16-18)29-12-10-28(11-13-29)20-6-4-3-5-19(20)23/h3-6,17-18H,2,7-16H2,1H3,(H,24,25). The fourth-order valence-electron chi connectivity index (χ4n) is 4.11. The minimum absolute atomic E-state index is 0.519. The second kappa shape index (κ2) is 10.8. The Hall–Kier alpha value is -2.32. The summed E-state index contributed by atoms with van der Waals surface area (Å²) >= 11 is 6.41. The number of hydrogen-bond donors (Lipinski definition) is 1. The summed E-state index contributed by atoms with van der Waals surface area (Å²) < 4.78 is 7.63. The third kappa shape index (κ3) is 5.68. The molecule has 1 N–H and O–H groups in total. The van der Waals surface area contributed by atoms with Crippen molar-refractivity contribution in [2.75, 3.05) is 57.4 Å². The van der Waals surface area contributed by atoms with Gasteiger partial charge in [0, 0.05) is 64.8 Å². The van der Waals surface area contributed by atoms with Crippen LogP contribution in [0.1, 0.15) is 19.2 Å². The first-order chi connectivity index (χ1) is 15.2. The lowest BCUT2D eigenvalue weighted by atomic mass is 10.1. The first kappa shape index (κ1) is 21.9. The Morgan fingerprint density at radius 3 is 2.84 bits per heavy atom. The molecule has 0 radical (unpaired) electrons. The smallest absolute Gasteiger partial charge is 0.194 e. The maximum Gasteiger partial charge on any atom is 0.194 e. The molecule has 0 saturated carbocycles. The molecule has 0 aliphatic carbocycles. The second-order valence-electron chi connectivity index (χ2n) is 8.04. The van der Waals surface area contributed by atoms with Crippen LogP contribution in [0.15, 0.2) is 35.6 Å². The summed E-state index contributed by atoms with van der Waals surface area (Å²) in [5.74, 6) is 2.51. The van der Waals surface area contributed by atoms with Gasteiger partial charge in [0.15, 0.2) is 5.96 Å². The molecular formula is C22H32ClN7O. The highest BCUT2D eigenvalue weighted by atomic mass is 35.5. The quantitative estimate of drug-likeness (QED) is 0.521. The van der Waals surface area contributed by atoms with E-state index in [0.29, 0.717) is 5.92 Å². The molecule has 2 aliphatic heterocycles. The lowest BCUT2D eigenvalue weighted by Crippen LogP contribution is -2.53. The van der Waals surface area contributed by atoms with Crippen molar-refractivity contribution in [3.05, 3.63) is 41.4 Å². The summed E-state index contributed by atoms with van der Waals surface area (Å²) in [6, 6.07) is 8.07. The third-order valence-electron chi connectivity index (χ3n) is 5.94. The van der Waals surface area contributed by atoms with Crippen molar-refractivity contribution in [1.82, 2.24) is 25.0 Å². The molecule has 2 fully saturated rings. The van der Waals surface area contributed by atoms with Crippen LogP contribution in [0.2, 0.25) is 5.02 Å². The van der Waals surface area contributed by atoms with Crippen LogP contribution in [0.5, 0.6) is 0 Å². The number of anilines is 1. The van der Waals surface area contributed by atoms with Crippen LogP contribution < -0.4 is 10.2 Å². The van der Waals surface area contributed by atoms with Crippen LogP contribution in [0, 0.1) is 5.92 Å². The van der Waals surface area contributed by atoms with Crippen molar-refractivity contribution in [2.45, 2.75) is 26.3 Å². The molecule has 2 saturated heterocycles. The van der Waals surface area contributed by atoms with Crippen LogP contribution >= 0.6 is 11.6 Å². The predicted molar refractivity (Wildman–Crippen MR) is 124 cm³/mol. The molecule has 2 aliphatic rings. The summed E-state index contributed by atoms with van der Waals surface area (Å²) in [4.78, 5) is 9.68. The van der Waals surface area contributed by atoms with Crippen LogP contribution in [0.25, 0.3) is 0 Å². The molecule has 9 heteroatoms. The Kier molecular flexibility index (Phi) is 7.64. The molecule has 1 aromatic heterocycles. The maximum atomic E-state index is 6.41.